The number of phenols is 2. The molecule has 7 heteroatoms. The van der Waals surface area contributed by atoms with E-state index in [1.54, 1.807) is 12.1 Å². The fourth-order valence-electron chi connectivity index (χ4n) is 1.69. The summed E-state index contributed by atoms with van der Waals surface area (Å²) in [4.78, 5) is 11.9. The van der Waals surface area contributed by atoms with Crippen molar-refractivity contribution >= 4 is 23.7 Å². The number of hydrogen-bond acceptors (Lipinski definition) is 5. The van der Waals surface area contributed by atoms with Gasteiger partial charge in [0.2, 0.25) is 0 Å². The molecular weight excluding hydrogens is 308 g/mol. The van der Waals surface area contributed by atoms with Crippen LogP contribution in [0.15, 0.2) is 41.5 Å². The molecule has 0 bridgehead atoms. The van der Waals surface area contributed by atoms with Crippen molar-refractivity contribution in [2.75, 3.05) is 7.11 Å². The fourth-order valence-corrected chi connectivity index (χ4v) is 1.86. The number of carbonyl (C=O) groups is 1. The normalized spacial score (nSPS) is 10.6. The second-order valence-electron chi connectivity index (χ2n) is 4.29. The van der Waals surface area contributed by atoms with Crippen molar-refractivity contribution in [2.24, 2.45) is 5.10 Å². The summed E-state index contributed by atoms with van der Waals surface area (Å²) in [6.07, 6.45) is 1.38. The zero-order valence-corrected chi connectivity index (χ0v) is 12.3. The Morgan fingerprint density at radius 1 is 1.23 bits per heavy atom. The highest BCUT2D eigenvalue weighted by atomic mass is 35.5. The predicted octanol–water partition coefficient (Wildman–Crippen LogP) is 2.52. The van der Waals surface area contributed by atoms with Crippen molar-refractivity contribution in [1.82, 2.24) is 5.43 Å². The number of nitrogens with zero attached hydrogens (tertiary/aromatic N) is 1. The molecule has 0 saturated heterocycles. The van der Waals surface area contributed by atoms with Crippen LogP contribution in [0.25, 0.3) is 0 Å². The van der Waals surface area contributed by atoms with Gasteiger partial charge in [0.15, 0.2) is 11.5 Å². The van der Waals surface area contributed by atoms with Crippen LogP contribution >= 0.6 is 11.6 Å². The molecule has 0 spiro atoms. The lowest BCUT2D eigenvalue weighted by Crippen LogP contribution is -2.17. The lowest BCUT2D eigenvalue weighted by molar-refractivity contribution is 0.0952. The van der Waals surface area contributed by atoms with Gasteiger partial charge in [0.25, 0.3) is 5.91 Å². The van der Waals surface area contributed by atoms with Crippen LogP contribution in [0.1, 0.15) is 15.9 Å². The largest absolute Gasteiger partial charge is 0.507 e. The molecule has 22 heavy (non-hydrogen) atoms. The van der Waals surface area contributed by atoms with E-state index < -0.39 is 5.91 Å². The molecule has 2 aromatic carbocycles. The molecular formula is C15H13ClN2O4. The quantitative estimate of drug-likeness (QED) is 0.596. The number of rotatable bonds is 4. The van der Waals surface area contributed by atoms with E-state index in [1.807, 2.05) is 0 Å². The number of amides is 1. The zero-order valence-electron chi connectivity index (χ0n) is 11.6. The number of ether oxygens (including phenoxy) is 1. The smallest absolute Gasteiger partial charge is 0.275 e. The molecule has 0 atom stereocenters. The Hall–Kier alpha value is -2.73. The molecule has 6 nitrogen and oxygen atoms in total. The summed E-state index contributed by atoms with van der Waals surface area (Å²) >= 11 is 5.77. The molecule has 0 heterocycles. The Bertz CT molecular complexity index is 731. The Balaban J connectivity index is 2.09. The van der Waals surface area contributed by atoms with Gasteiger partial charge in [-0.1, -0.05) is 11.6 Å². The van der Waals surface area contributed by atoms with Crippen molar-refractivity contribution < 1.29 is 19.7 Å². The van der Waals surface area contributed by atoms with Crippen LogP contribution in [-0.4, -0.2) is 29.4 Å². The molecule has 2 aromatic rings. The van der Waals surface area contributed by atoms with E-state index in [9.17, 15) is 15.0 Å². The van der Waals surface area contributed by atoms with Crippen LogP contribution in [0.4, 0.5) is 0 Å². The number of benzene rings is 2. The maximum Gasteiger partial charge on any atom is 0.275 e. The molecule has 1 amide bonds. The molecule has 0 fully saturated rings. The first-order valence-corrected chi connectivity index (χ1v) is 6.58. The fraction of sp³-hybridized carbons (Fsp3) is 0.0667. The van der Waals surface area contributed by atoms with Crippen LogP contribution < -0.4 is 10.2 Å². The van der Waals surface area contributed by atoms with Gasteiger partial charge in [-0.3, -0.25) is 4.79 Å². The number of halogens is 1. The summed E-state index contributed by atoms with van der Waals surface area (Å²) in [6, 6.07) is 8.74. The third-order valence-corrected chi connectivity index (χ3v) is 3.02. The number of carbonyl (C=O) groups excluding carboxylic acids is 1. The molecule has 3 N–H and O–H groups in total. The minimum Gasteiger partial charge on any atom is -0.507 e. The topological polar surface area (TPSA) is 91.2 Å². The van der Waals surface area contributed by atoms with Gasteiger partial charge in [-0.25, -0.2) is 5.43 Å². The second kappa shape index (κ2) is 6.82. The Morgan fingerprint density at radius 2 is 1.95 bits per heavy atom. The lowest BCUT2D eigenvalue weighted by atomic mass is 10.2. The number of aromatic hydroxyl groups is 2. The van der Waals surface area contributed by atoms with Crippen molar-refractivity contribution in [2.45, 2.75) is 0 Å². The van der Waals surface area contributed by atoms with E-state index in [-0.39, 0.29) is 17.1 Å². The standard InChI is InChI=1S/C15H13ClN2O4/c1-22-14-6-9(2-4-13(14)20)8-17-18-15(21)11-7-10(16)3-5-12(11)19/h2-8,19-20H,1H3,(H,18,21)/b17-8+. The van der Waals surface area contributed by atoms with Gasteiger partial charge in [0.1, 0.15) is 5.75 Å². The molecule has 0 radical (unpaired) electrons. The van der Waals surface area contributed by atoms with Crippen LogP contribution in [0, 0.1) is 0 Å². The first-order valence-electron chi connectivity index (χ1n) is 6.20. The first kappa shape index (κ1) is 15.7. The monoisotopic (exact) mass is 320 g/mol. The van der Waals surface area contributed by atoms with Gasteiger partial charge in [0.05, 0.1) is 18.9 Å². The number of hydrogen-bond donors (Lipinski definition) is 3. The average molecular weight is 321 g/mol. The Morgan fingerprint density at radius 3 is 2.68 bits per heavy atom. The van der Waals surface area contributed by atoms with Gasteiger partial charge >= 0.3 is 0 Å². The SMILES string of the molecule is COc1cc(/C=N/NC(=O)c2cc(Cl)ccc2O)ccc1O. The van der Waals surface area contributed by atoms with Gasteiger partial charge < -0.3 is 14.9 Å². The van der Waals surface area contributed by atoms with E-state index in [0.717, 1.165) is 0 Å². The van der Waals surface area contributed by atoms with Gasteiger partial charge in [-0.2, -0.15) is 5.10 Å². The third kappa shape index (κ3) is 3.67. The van der Waals surface area contributed by atoms with Gasteiger partial charge in [0, 0.05) is 5.02 Å². The number of methoxy groups -OCH3 is 1. The van der Waals surface area contributed by atoms with Crippen molar-refractivity contribution in [3.63, 3.8) is 0 Å². The van der Waals surface area contributed by atoms with Gasteiger partial charge in [-0.15, -0.1) is 0 Å². The minimum absolute atomic E-state index is 0.00698. The van der Waals surface area contributed by atoms with Crippen LogP contribution in [0.3, 0.4) is 0 Å². The molecule has 0 aliphatic heterocycles. The highest BCUT2D eigenvalue weighted by Gasteiger charge is 2.10. The lowest BCUT2D eigenvalue weighted by Gasteiger charge is -2.04. The van der Waals surface area contributed by atoms with Crippen molar-refractivity contribution in [1.29, 1.82) is 0 Å². The van der Waals surface area contributed by atoms with Crippen molar-refractivity contribution in [3.05, 3.63) is 52.5 Å². The molecule has 0 saturated carbocycles. The minimum atomic E-state index is -0.595. The molecule has 0 aliphatic carbocycles. The Kier molecular flexibility index (Phi) is 4.85. The second-order valence-corrected chi connectivity index (χ2v) is 4.73. The molecule has 0 aromatic heterocycles. The number of hydrazone groups is 1. The molecule has 114 valence electrons. The van der Waals surface area contributed by atoms with E-state index in [2.05, 4.69) is 10.5 Å². The number of nitrogens with one attached hydrogen (secondary N) is 1. The number of phenolic OH excluding ortho intramolecular Hbond substituents is 2. The van der Waals surface area contributed by atoms with Crippen molar-refractivity contribution in [3.8, 4) is 17.2 Å². The highest BCUT2D eigenvalue weighted by molar-refractivity contribution is 6.31. The first-order chi connectivity index (χ1) is 10.5. The molecule has 0 unspecified atom stereocenters. The summed E-state index contributed by atoms with van der Waals surface area (Å²) in [5, 5.41) is 23.2. The van der Waals surface area contributed by atoms with E-state index in [4.69, 9.17) is 16.3 Å². The van der Waals surface area contributed by atoms with E-state index in [0.29, 0.717) is 16.3 Å². The van der Waals surface area contributed by atoms with Crippen LogP contribution in [-0.2, 0) is 0 Å². The Labute approximate surface area is 131 Å². The predicted molar refractivity (Wildman–Crippen MR) is 82.8 cm³/mol. The van der Waals surface area contributed by atoms with Crippen LogP contribution in [0.5, 0.6) is 17.2 Å². The highest BCUT2D eigenvalue weighted by Crippen LogP contribution is 2.25. The summed E-state index contributed by atoms with van der Waals surface area (Å²) in [5.41, 5.74) is 2.91. The average Bonchev–Trinajstić information content (AvgIpc) is 2.51. The maximum atomic E-state index is 11.9. The van der Waals surface area contributed by atoms with E-state index in [1.165, 1.54) is 37.6 Å². The summed E-state index contributed by atoms with van der Waals surface area (Å²) < 4.78 is 4.96. The summed E-state index contributed by atoms with van der Waals surface area (Å²) in [7, 11) is 1.43. The van der Waals surface area contributed by atoms with Gasteiger partial charge in [-0.05, 0) is 42.0 Å². The summed E-state index contributed by atoms with van der Waals surface area (Å²) in [5.74, 6) is -0.485. The third-order valence-electron chi connectivity index (χ3n) is 2.79. The summed E-state index contributed by atoms with van der Waals surface area (Å²) in [6.45, 7) is 0. The van der Waals surface area contributed by atoms with Crippen LogP contribution in [0.2, 0.25) is 5.02 Å². The van der Waals surface area contributed by atoms with E-state index >= 15 is 0 Å². The zero-order chi connectivity index (χ0) is 16.1. The molecule has 2 rings (SSSR count). The molecule has 0 aliphatic rings. The maximum absolute atomic E-state index is 11.9.